The third kappa shape index (κ3) is 5.73. The largest absolute Gasteiger partial charge is 0.387 e. The summed E-state index contributed by atoms with van der Waals surface area (Å²) >= 11 is 5.90. The monoisotopic (exact) mass is 277 g/mol. The average Bonchev–Trinajstić information content (AvgIpc) is 2.14. The Balaban J connectivity index is 0.00000256. The molecule has 0 aliphatic carbocycles. The zero-order valence-electron chi connectivity index (χ0n) is 10.7. The maximum Gasteiger partial charge on any atom is 0.0940 e. The molecule has 0 saturated heterocycles. The molecule has 0 bridgehead atoms. The van der Waals surface area contributed by atoms with Crippen molar-refractivity contribution in [3.05, 3.63) is 34.9 Å². The van der Waals surface area contributed by atoms with Gasteiger partial charge in [-0.25, -0.2) is 0 Å². The van der Waals surface area contributed by atoms with E-state index in [4.69, 9.17) is 11.6 Å². The van der Waals surface area contributed by atoms with Crippen LogP contribution in [0.15, 0.2) is 24.3 Å². The van der Waals surface area contributed by atoms with Crippen LogP contribution in [0.5, 0.6) is 0 Å². The number of aliphatic hydroxyl groups excluding tert-OH is 1. The van der Waals surface area contributed by atoms with Crippen LogP contribution >= 0.6 is 24.0 Å². The van der Waals surface area contributed by atoms with Crippen molar-refractivity contribution in [2.45, 2.75) is 45.4 Å². The van der Waals surface area contributed by atoms with Gasteiger partial charge in [0, 0.05) is 16.6 Å². The van der Waals surface area contributed by atoms with Crippen molar-refractivity contribution in [3.8, 4) is 0 Å². The predicted octanol–water partition coefficient (Wildman–Crippen LogP) is 3.57. The van der Waals surface area contributed by atoms with Gasteiger partial charge in [0.1, 0.15) is 0 Å². The maximum absolute atomic E-state index is 10.2. The Morgan fingerprint density at radius 3 is 2.35 bits per heavy atom. The molecule has 0 spiro atoms. The molecular formula is C13H21Cl2NO. The van der Waals surface area contributed by atoms with Crippen LogP contribution in [0.1, 0.15) is 39.4 Å². The first-order valence-electron chi connectivity index (χ1n) is 5.51. The molecule has 4 heteroatoms. The van der Waals surface area contributed by atoms with Crippen LogP contribution in [0, 0.1) is 0 Å². The van der Waals surface area contributed by atoms with Crippen LogP contribution in [0.2, 0.25) is 5.02 Å². The molecule has 0 heterocycles. The van der Waals surface area contributed by atoms with Gasteiger partial charge in [0.05, 0.1) is 6.10 Å². The smallest absolute Gasteiger partial charge is 0.0940 e. The second-order valence-electron chi connectivity index (χ2n) is 5.18. The second-order valence-corrected chi connectivity index (χ2v) is 5.62. The van der Waals surface area contributed by atoms with Crippen LogP contribution < -0.4 is 5.32 Å². The standard InChI is InChI=1S/C13H20ClNO.ClH/c1-9(15-13(2,3)4)12(16)10-6-5-7-11(14)8-10;/h5-9,12,15-16H,1-4H3;1H/t9-,12+;/m1./s1. The number of aliphatic hydroxyl groups is 1. The third-order valence-corrected chi connectivity index (χ3v) is 2.56. The Labute approximate surface area is 115 Å². The highest BCUT2D eigenvalue weighted by molar-refractivity contribution is 6.30. The van der Waals surface area contributed by atoms with Crippen molar-refractivity contribution < 1.29 is 5.11 Å². The molecule has 0 unspecified atom stereocenters. The lowest BCUT2D eigenvalue weighted by Gasteiger charge is -2.29. The maximum atomic E-state index is 10.2. The van der Waals surface area contributed by atoms with Crippen LogP contribution in [-0.2, 0) is 0 Å². The van der Waals surface area contributed by atoms with E-state index in [1.165, 1.54) is 0 Å². The lowest BCUT2D eigenvalue weighted by Crippen LogP contribution is -2.44. The summed E-state index contributed by atoms with van der Waals surface area (Å²) in [6.07, 6.45) is -0.544. The van der Waals surface area contributed by atoms with E-state index >= 15 is 0 Å². The summed E-state index contributed by atoms with van der Waals surface area (Å²) in [5, 5.41) is 14.2. The number of benzene rings is 1. The number of nitrogens with one attached hydrogen (secondary N) is 1. The van der Waals surface area contributed by atoms with Gasteiger partial charge in [-0.05, 0) is 45.4 Å². The van der Waals surface area contributed by atoms with Crippen LogP contribution in [0.4, 0.5) is 0 Å². The molecule has 0 aliphatic rings. The molecule has 0 aromatic heterocycles. The van der Waals surface area contributed by atoms with Crippen LogP contribution in [-0.4, -0.2) is 16.7 Å². The first-order valence-corrected chi connectivity index (χ1v) is 5.88. The topological polar surface area (TPSA) is 32.3 Å². The van der Waals surface area contributed by atoms with Gasteiger partial charge in [-0.1, -0.05) is 23.7 Å². The summed E-state index contributed by atoms with van der Waals surface area (Å²) in [5.41, 5.74) is 0.829. The minimum atomic E-state index is -0.544. The zero-order valence-corrected chi connectivity index (χ0v) is 12.3. The van der Waals surface area contributed by atoms with Gasteiger partial charge < -0.3 is 10.4 Å². The van der Waals surface area contributed by atoms with E-state index < -0.39 is 6.10 Å². The highest BCUT2D eigenvalue weighted by atomic mass is 35.5. The zero-order chi connectivity index (χ0) is 12.3. The molecule has 2 N–H and O–H groups in total. The number of hydrogen-bond acceptors (Lipinski definition) is 2. The van der Waals surface area contributed by atoms with Gasteiger partial charge in [-0.2, -0.15) is 0 Å². The lowest BCUT2D eigenvalue weighted by atomic mass is 10.00. The minimum Gasteiger partial charge on any atom is -0.387 e. The number of halogens is 2. The van der Waals surface area contributed by atoms with Crippen LogP contribution in [0.25, 0.3) is 0 Å². The van der Waals surface area contributed by atoms with Crippen molar-refractivity contribution in [2.24, 2.45) is 0 Å². The van der Waals surface area contributed by atoms with Crippen LogP contribution in [0.3, 0.4) is 0 Å². The van der Waals surface area contributed by atoms with Gasteiger partial charge in [-0.3, -0.25) is 0 Å². The molecule has 1 rings (SSSR count). The Morgan fingerprint density at radius 1 is 1.29 bits per heavy atom. The van der Waals surface area contributed by atoms with Crippen molar-refractivity contribution in [2.75, 3.05) is 0 Å². The van der Waals surface area contributed by atoms with E-state index in [2.05, 4.69) is 26.1 Å². The minimum absolute atomic E-state index is 0. The van der Waals surface area contributed by atoms with E-state index in [1.807, 2.05) is 19.1 Å². The Hall–Kier alpha value is -0.280. The fraction of sp³-hybridized carbons (Fsp3) is 0.538. The van der Waals surface area contributed by atoms with E-state index in [1.54, 1.807) is 12.1 Å². The average molecular weight is 278 g/mol. The molecule has 2 atom stereocenters. The molecule has 1 aromatic rings. The van der Waals surface area contributed by atoms with Crippen molar-refractivity contribution in [3.63, 3.8) is 0 Å². The van der Waals surface area contributed by atoms with Gasteiger partial charge in [0.15, 0.2) is 0 Å². The first-order chi connectivity index (χ1) is 7.29. The third-order valence-electron chi connectivity index (χ3n) is 2.32. The molecule has 1 aromatic carbocycles. The highest BCUT2D eigenvalue weighted by Crippen LogP contribution is 2.21. The molecule has 98 valence electrons. The molecule has 0 amide bonds. The molecule has 2 nitrogen and oxygen atoms in total. The van der Waals surface area contributed by atoms with E-state index in [0.717, 1.165) is 5.56 Å². The summed E-state index contributed by atoms with van der Waals surface area (Å²) in [6, 6.07) is 7.33. The summed E-state index contributed by atoms with van der Waals surface area (Å²) in [6.45, 7) is 8.20. The molecule has 0 saturated carbocycles. The molecule has 0 radical (unpaired) electrons. The molecule has 17 heavy (non-hydrogen) atoms. The lowest BCUT2D eigenvalue weighted by molar-refractivity contribution is 0.121. The number of hydrogen-bond donors (Lipinski definition) is 2. The van der Waals surface area contributed by atoms with Gasteiger partial charge in [0.2, 0.25) is 0 Å². The van der Waals surface area contributed by atoms with E-state index in [0.29, 0.717) is 5.02 Å². The normalized spacial score (nSPS) is 14.9. The van der Waals surface area contributed by atoms with Gasteiger partial charge in [0.25, 0.3) is 0 Å². The fourth-order valence-corrected chi connectivity index (χ4v) is 1.94. The molecule has 0 aliphatic heterocycles. The first kappa shape index (κ1) is 16.7. The van der Waals surface area contributed by atoms with Gasteiger partial charge in [-0.15, -0.1) is 12.4 Å². The quantitative estimate of drug-likeness (QED) is 0.885. The summed E-state index contributed by atoms with van der Waals surface area (Å²) in [4.78, 5) is 0. The Kier molecular flexibility index (Phi) is 6.49. The fourth-order valence-electron chi connectivity index (χ4n) is 1.74. The molecular weight excluding hydrogens is 257 g/mol. The highest BCUT2D eigenvalue weighted by Gasteiger charge is 2.21. The SMILES string of the molecule is C[C@@H](NC(C)(C)C)[C@H](O)c1cccc(Cl)c1.Cl. The summed E-state index contributed by atoms with van der Waals surface area (Å²) in [5.74, 6) is 0. The summed E-state index contributed by atoms with van der Waals surface area (Å²) < 4.78 is 0. The second kappa shape index (κ2) is 6.60. The number of rotatable bonds is 3. The Bertz CT molecular complexity index is 350. The van der Waals surface area contributed by atoms with E-state index in [-0.39, 0.29) is 24.0 Å². The van der Waals surface area contributed by atoms with Crippen molar-refractivity contribution in [1.29, 1.82) is 0 Å². The van der Waals surface area contributed by atoms with Gasteiger partial charge >= 0.3 is 0 Å². The van der Waals surface area contributed by atoms with E-state index in [9.17, 15) is 5.11 Å². The summed E-state index contributed by atoms with van der Waals surface area (Å²) in [7, 11) is 0. The predicted molar refractivity (Wildman–Crippen MR) is 76.0 cm³/mol. The van der Waals surface area contributed by atoms with Crippen molar-refractivity contribution >= 4 is 24.0 Å². The van der Waals surface area contributed by atoms with Crippen molar-refractivity contribution in [1.82, 2.24) is 5.32 Å². The Morgan fingerprint density at radius 2 is 1.88 bits per heavy atom. The molecule has 0 fully saturated rings.